The molecule has 1 aromatic heterocycles. The largest absolute Gasteiger partial charge is 0.338 e. The monoisotopic (exact) mass is 342 g/mol. The molecule has 0 spiro atoms. The zero-order valence-corrected chi connectivity index (χ0v) is 14.9. The van der Waals surface area contributed by atoms with Crippen molar-refractivity contribution in [1.82, 2.24) is 14.8 Å². The molecule has 1 aromatic rings. The number of rotatable bonds is 3. The van der Waals surface area contributed by atoms with Gasteiger partial charge in [-0.05, 0) is 57.2 Å². The smallest absolute Gasteiger partial charge is 0.266 e. The molecule has 2 saturated heterocycles. The number of amides is 1. The van der Waals surface area contributed by atoms with Gasteiger partial charge in [0.2, 0.25) is 0 Å². The van der Waals surface area contributed by atoms with Crippen molar-refractivity contribution >= 4 is 5.91 Å². The Labute approximate surface area is 148 Å². The molecule has 0 bridgehead atoms. The van der Waals surface area contributed by atoms with Gasteiger partial charge in [0.15, 0.2) is 0 Å². The Morgan fingerprint density at radius 3 is 2.76 bits per heavy atom. The predicted octanol–water partition coefficient (Wildman–Crippen LogP) is 1.89. The van der Waals surface area contributed by atoms with Gasteiger partial charge in [0, 0.05) is 25.8 Å². The summed E-state index contributed by atoms with van der Waals surface area (Å²) >= 11 is 0. The molecule has 2 aliphatic heterocycles. The molecule has 1 N–H and O–H groups in total. The van der Waals surface area contributed by atoms with Crippen LogP contribution in [0.4, 0.5) is 0 Å². The maximum atomic E-state index is 12.9. The van der Waals surface area contributed by atoms with Crippen LogP contribution < -0.4 is 5.56 Å². The summed E-state index contributed by atoms with van der Waals surface area (Å²) < 4.78 is 0. The number of hydrogen-bond acceptors (Lipinski definition) is 4. The molecule has 2 aliphatic rings. The Hall–Kier alpha value is -2.13. The number of aromatic amines is 1. The van der Waals surface area contributed by atoms with Crippen molar-refractivity contribution in [2.75, 3.05) is 32.7 Å². The highest BCUT2D eigenvalue weighted by molar-refractivity contribution is 5.95. The van der Waals surface area contributed by atoms with Gasteiger partial charge in [-0.25, -0.2) is 0 Å². The van der Waals surface area contributed by atoms with Crippen LogP contribution in [-0.4, -0.2) is 53.4 Å². The van der Waals surface area contributed by atoms with Crippen molar-refractivity contribution < 1.29 is 4.79 Å². The number of pyridine rings is 1. The SMILES string of the molecule is Cc1c(C(=O)N2CCC[C@@H](CN3CCCCC3)C2)c[nH]c(=O)c1C#N. The lowest BCUT2D eigenvalue weighted by Crippen LogP contribution is -2.45. The number of H-pyrrole nitrogens is 1. The van der Waals surface area contributed by atoms with Gasteiger partial charge in [-0.2, -0.15) is 5.26 Å². The van der Waals surface area contributed by atoms with Gasteiger partial charge in [-0.3, -0.25) is 9.59 Å². The fraction of sp³-hybridized carbons (Fsp3) is 0.632. The third-order valence-electron chi connectivity index (χ3n) is 5.47. The molecule has 2 fully saturated rings. The lowest BCUT2D eigenvalue weighted by atomic mass is 9.95. The van der Waals surface area contributed by atoms with Crippen molar-refractivity contribution in [2.24, 2.45) is 5.92 Å². The van der Waals surface area contributed by atoms with Crippen LogP contribution in [0, 0.1) is 24.2 Å². The fourth-order valence-electron chi connectivity index (χ4n) is 4.06. The van der Waals surface area contributed by atoms with Crippen LogP contribution in [0.5, 0.6) is 0 Å². The van der Waals surface area contributed by atoms with Gasteiger partial charge in [-0.1, -0.05) is 6.42 Å². The van der Waals surface area contributed by atoms with Crippen LogP contribution >= 0.6 is 0 Å². The van der Waals surface area contributed by atoms with Crippen LogP contribution in [0.15, 0.2) is 11.0 Å². The van der Waals surface area contributed by atoms with E-state index in [1.54, 1.807) is 6.92 Å². The number of aromatic nitrogens is 1. The molecular weight excluding hydrogens is 316 g/mol. The van der Waals surface area contributed by atoms with E-state index in [0.29, 0.717) is 17.0 Å². The summed E-state index contributed by atoms with van der Waals surface area (Å²) in [6.45, 7) is 6.60. The minimum atomic E-state index is -0.432. The third-order valence-corrected chi connectivity index (χ3v) is 5.47. The summed E-state index contributed by atoms with van der Waals surface area (Å²) in [4.78, 5) is 31.5. The van der Waals surface area contributed by atoms with E-state index in [4.69, 9.17) is 5.26 Å². The molecule has 0 saturated carbocycles. The van der Waals surface area contributed by atoms with E-state index in [9.17, 15) is 9.59 Å². The van der Waals surface area contributed by atoms with Gasteiger partial charge < -0.3 is 14.8 Å². The second-order valence-corrected chi connectivity index (χ2v) is 7.26. The van der Waals surface area contributed by atoms with Crippen LogP contribution in [-0.2, 0) is 0 Å². The first-order chi connectivity index (χ1) is 12.1. The van der Waals surface area contributed by atoms with Gasteiger partial charge in [0.25, 0.3) is 11.5 Å². The number of carbonyl (C=O) groups excluding carboxylic acids is 1. The fourth-order valence-corrected chi connectivity index (χ4v) is 4.06. The highest BCUT2D eigenvalue weighted by atomic mass is 16.2. The van der Waals surface area contributed by atoms with E-state index in [-0.39, 0.29) is 11.5 Å². The average Bonchev–Trinajstić information content (AvgIpc) is 2.63. The first-order valence-electron chi connectivity index (χ1n) is 9.24. The molecule has 6 heteroatoms. The van der Waals surface area contributed by atoms with Crippen LogP contribution in [0.3, 0.4) is 0 Å². The van der Waals surface area contributed by atoms with Crippen LogP contribution in [0.2, 0.25) is 0 Å². The minimum Gasteiger partial charge on any atom is -0.338 e. The lowest BCUT2D eigenvalue weighted by Gasteiger charge is -2.37. The molecule has 134 valence electrons. The average molecular weight is 342 g/mol. The molecule has 0 aromatic carbocycles. The van der Waals surface area contributed by atoms with Gasteiger partial charge in [0.1, 0.15) is 11.6 Å². The molecule has 3 rings (SSSR count). The molecule has 6 nitrogen and oxygen atoms in total. The molecule has 0 unspecified atom stereocenters. The van der Waals surface area contributed by atoms with E-state index < -0.39 is 5.56 Å². The van der Waals surface area contributed by atoms with Crippen molar-refractivity contribution in [1.29, 1.82) is 5.26 Å². The van der Waals surface area contributed by atoms with E-state index in [1.807, 2.05) is 11.0 Å². The maximum absolute atomic E-state index is 12.9. The summed E-state index contributed by atoms with van der Waals surface area (Å²) in [5.41, 5.74) is 0.523. The van der Waals surface area contributed by atoms with Gasteiger partial charge in [0.05, 0.1) is 5.56 Å². The standard InChI is InChI=1S/C19H26N4O2/c1-14-16(10-20)18(24)21-11-17(14)19(25)23-9-5-6-15(13-23)12-22-7-3-2-4-8-22/h11,15H,2-9,12-13H2,1H3,(H,21,24)/t15-/m0/s1. The number of nitrogens with one attached hydrogen (secondary N) is 1. The Kier molecular flexibility index (Phi) is 5.54. The Balaban J connectivity index is 1.70. The highest BCUT2D eigenvalue weighted by Gasteiger charge is 2.27. The molecule has 0 radical (unpaired) electrons. The number of piperidine rings is 2. The molecule has 3 heterocycles. The molecule has 1 amide bonds. The number of hydrogen-bond donors (Lipinski definition) is 1. The number of likely N-dealkylation sites (tertiary alicyclic amines) is 2. The summed E-state index contributed by atoms with van der Waals surface area (Å²) in [6, 6.07) is 1.90. The van der Waals surface area contributed by atoms with Crippen molar-refractivity contribution in [3.05, 3.63) is 33.2 Å². The van der Waals surface area contributed by atoms with E-state index in [0.717, 1.165) is 32.5 Å². The second kappa shape index (κ2) is 7.83. The highest BCUT2D eigenvalue weighted by Crippen LogP contribution is 2.22. The second-order valence-electron chi connectivity index (χ2n) is 7.26. The number of carbonyl (C=O) groups is 1. The van der Waals surface area contributed by atoms with Crippen molar-refractivity contribution in [3.63, 3.8) is 0 Å². The molecule has 1 atom stereocenters. The molecular formula is C19H26N4O2. The van der Waals surface area contributed by atoms with Gasteiger partial charge >= 0.3 is 0 Å². The third kappa shape index (κ3) is 3.93. The Morgan fingerprint density at radius 2 is 2.04 bits per heavy atom. The van der Waals surface area contributed by atoms with E-state index >= 15 is 0 Å². The van der Waals surface area contributed by atoms with Gasteiger partial charge in [-0.15, -0.1) is 0 Å². The normalized spacial score (nSPS) is 21.8. The first kappa shape index (κ1) is 17.7. The molecule has 25 heavy (non-hydrogen) atoms. The van der Waals surface area contributed by atoms with Crippen molar-refractivity contribution in [2.45, 2.75) is 39.0 Å². The zero-order valence-electron chi connectivity index (χ0n) is 14.9. The summed E-state index contributed by atoms with van der Waals surface area (Å²) in [5.74, 6) is 0.433. The Bertz CT molecular complexity index is 728. The summed E-state index contributed by atoms with van der Waals surface area (Å²) in [7, 11) is 0. The van der Waals surface area contributed by atoms with Crippen molar-refractivity contribution in [3.8, 4) is 6.07 Å². The van der Waals surface area contributed by atoms with E-state index in [2.05, 4.69) is 9.88 Å². The first-order valence-corrected chi connectivity index (χ1v) is 9.24. The van der Waals surface area contributed by atoms with Crippen LogP contribution in [0.25, 0.3) is 0 Å². The summed E-state index contributed by atoms with van der Waals surface area (Å²) in [6.07, 6.45) is 7.52. The summed E-state index contributed by atoms with van der Waals surface area (Å²) in [5, 5.41) is 9.14. The molecule has 0 aliphatic carbocycles. The van der Waals surface area contributed by atoms with Crippen LogP contribution in [0.1, 0.15) is 53.6 Å². The topological polar surface area (TPSA) is 80.2 Å². The zero-order chi connectivity index (χ0) is 17.8. The number of nitrogens with zero attached hydrogens (tertiary/aromatic N) is 3. The lowest BCUT2D eigenvalue weighted by molar-refractivity contribution is 0.0629. The number of nitriles is 1. The minimum absolute atomic E-state index is 0.0349. The quantitative estimate of drug-likeness (QED) is 0.910. The van der Waals surface area contributed by atoms with E-state index in [1.165, 1.54) is 38.5 Å². The predicted molar refractivity (Wildman–Crippen MR) is 95.4 cm³/mol. The Morgan fingerprint density at radius 1 is 1.28 bits per heavy atom. The maximum Gasteiger partial charge on any atom is 0.266 e.